The molecule has 66 valence electrons. The molecule has 0 fully saturated rings. The van der Waals surface area contributed by atoms with Gasteiger partial charge in [0.1, 0.15) is 5.75 Å². The van der Waals surface area contributed by atoms with Crippen molar-refractivity contribution in [1.82, 2.24) is 4.98 Å². The topological polar surface area (TPSA) is 33.1 Å². The molecule has 0 amide bonds. The van der Waals surface area contributed by atoms with E-state index in [0.29, 0.717) is 0 Å². The zero-order valence-corrected chi connectivity index (χ0v) is 7.01. The van der Waals surface area contributed by atoms with Crippen LogP contribution in [-0.2, 0) is 0 Å². The SMILES string of the molecule is Oc1ccccc1-c1ccccn1.[NaH]. The molecule has 0 saturated carbocycles. The van der Waals surface area contributed by atoms with Gasteiger partial charge in [-0.25, -0.2) is 0 Å². The molecular weight excluding hydrogens is 185 g/mol. The quantitative estimate of drug-likeness (QED) is 0.704. The molecule has 0 unspecified atom stereocenters. The van der Waals surface area contributed by atoms with Gasteiger partial charge in [0.15, 0.2) is 0 Å². The predicted molar refractivity (Wildman–Crippen MR) is 58.5 cm³/mol. The van der Waals surface area contributed by atoms with Gasteiger partial charge in [-0.2, -0.15) is 0 Å². The summed E-state index contributed by atoms with van der Waals surface area (Å²) in [5, 5.41) is 9.52. The molecule has 1 aromatic heterocycles. The molecule has 0 aliphatic rings. The second-order valence-electron chi connectivity index (χ2n) is 2.73. The van der Waals surface area contributed by atoms with E-state index < -0.39 is 0 Å². The molecule has 1 N–H and O–H groups in total. The van der Waals surface area contributed by atoms with Gasteiger partial charge >= 0.3 is 29.6 Å². The van der Waals surface area contributed by atoms with E-state index in [1.165, 1.54) is 0 Å². The van der Waals surface area contributed by atoms with Gasteiger partial charge in [-0.05, 0) is 24.3 Å². The maximum absolute atomic E-state index is 9.52. The fourth-order valence-electron chi connectivity index (χ4n) is 1.21. The number of phenols is 1. The summed E-state index contributed by atoms with van der Waals surface area (Å²) in [5.74, 6) is 0.265. The third-order valence-electron chi connectivity index (χ3n) is 1.84. The van der Waals surface area contributed by atoms with Crippen LogP contribution in [0.1, 0.15) is 0 Å². The monoisotopic (exact) mass is 195 g/mol. The fraction of sp³-hybridized carbons (Fsp3) is 0. The summed E-state index contributed by atoms with van der Waals surface area (Å²) in [6.07, 6.45) is 1.71. The Hall–Kier alpha value is -0.830. The Balaban J connectivity index is 0.000000980. The fourth-order valence-corrected chi connectivity index (χ4v) is 1.21. The number of pyridine rings is 1. The van der Waals surface area contributed by atoms with Gasteiger partial charge in [0.2, 0.25) is 0 Å². The van der Waals surface area contributed by atoms with Gasteiger partial charge in [0, 0.05) is 11.8 Å². The summed E-state index contributed by atoms with van der Waals surface area (Å²) >= 11 is 0. The van der Waals surface area contributed by atoms with Crippen molar-refractivity contribution in [3.8, 4) is 17.0 Å². The summed E-state index contributed by atoms with van der Waals surface area (Å²) in [5.41, 5.74) is 1.56. The molecule has 0 spiro atoms. The Kier molecular flexibility index (Phi) is 4.14. The first-order valence-electron chi connectivity index (χ1n) is 4.07. The third kappa shape index (κ3) is 2.35. The number of aromatic hydroxyl groups is 1. The van der Waals surface area contributed by atoms with Gasteiger partial charge in [-0.15, -0.1) is 0 Å². The van der Waals surface area contributed by atoms with Crippen molar-refractivity contribution >= 4 is 29.6 Å². The Morgan fingerprint density at radius 1 is 0.929 bits per heavy atom. The molecule has 3 heteroatoms. The van der Waals surface area contributed by atoms with Crippen LogP contribution in [0.3, 0.4) is 0 Å². The average Bonchev–Trinajstić information content (AvgIpc) is 2.20. The summed E-state index contributed by atoms with van der Waals surface area (Å²) < 4.78 is 0. The first-order chi connectivity index (χ1) is 6.38. The number of para-hydroxylation sites is 1. The van der Waals surface area contributed by atoms with Gasteiger partial charge < -0.3 is 5.11 Å². The van der Waals surface area contributed by atoms with Gasteiger partial charge in [0.25, 0.3) is 0 Å². The van der Waals surface area contributed by atoms with Crippen molar-refractivity contribution in [2.75, 3.05) is 0 Å². The van der Waals surface area contributed by atoms with Crippen molar-refractivity contribution in [2.24, 2.45) is 0 Å². The van der Waals surface area contributed by atoms with Crippen LogP contribution in [0, 0.1) is 0 Å². The van der Waals surface area contributed by atoms with Crippen LogP contribution in [0.15, 0.2) is 48.7 Å². The van der Waals surface area contributed by atoms with Crippen LogP contribution in [-0.4, -0.2) is 39.6 Å². The Morgan fingerprint density at radius 2 is 1.64 bits per heavy atom. The predicted octanol–water partition coefficient (Wildman–Crippen LogP) is 1.81. The van der Waals surface area contributed by atoms with E-state index in [-0.39, 0.29) is 35.3 Å². The second kappa shape index (κ2) is 5.15. The van der Waals surface area contributed by atoms with Crippen molar-refractivity contribution in [1.29, 1.82) is 0 Å². The van der Waals surface area contributed by atoms with E-state index in [2.05, 4.69) is 4.98 Å². The molecule has 0 atom stereocenters. The van der Waals surface area contributed by atoms with Gasteiger partial charge in [-0.1, -0.05) is 18.2 Å². The average molecular weight is 195 g/mol. The van der Waals surface area contributed by atoms with E-state index in [9.17, 15) is 5.11 Å². The van der Waals surface area contributed by atoms with Gasteiger partial charge in [0.05, 0.1) is 5.69 Å². The summed E-state index contributed by atoms with van der Waals surface area (Å²) in [7, 11) is 0. The first kappa shape index (κ1) is 11.2. The van der Waals surface area contributed by atoms with Crippen molar-refractivity contribution in [3.63, 3.8) is 0 Å². The Labute approximate surface area is 105 Å². The maximum atomic E-state index is 9.52. The zero-order valence-electron chi connectivity index (χ0n) is 7.01. The van der Waals surface area contributed by atoms with Crippen LogP contribution in [0.2, 0.25) is 0 Å². The number of benzene rings is 1. The number of nitrogens with zero attached hydrogens (tertiary/aromatic N) is 1. The van der Waals surface area contributed by atoms with E-state index >= 15 is 0 Å². The van der Waals surface area contributed by atoms with E-state index in [0.717, 1.165) is 11.3 Å². The van der Waals surface area contributed by atoms with Crippen LogP contribution >= 0.6 is 0 Å². The molecule has 0 saturated heterocycles. The number of aromatic nitrogens is 1. The molecular formula is C11H10NNaO. The number of rotatable bonds is 1. The third-order valence-corrected chi connectivity index (χ3v) is 1.84. The Bertz CT molecular complexity index is 403. The van der Waals surface area contributed by atoms with Crippen LogP contribution in [0.5, 0.6) is 5.75 Å². The first-order valence-corrected chi connectivity index (χ1v) is 4.07. The number of phenolic OH excluding ortho intramolecular Hbond substituents is 1. The molecule has 0 aliphatic carbocycles. The van der Waals surface area contributed by atoms with Crippen LogP contribution in [0.25, 0.3) is 11.3 Å². The van der Waals surface area contributed by atoms with Crippen LogP contribution < -0.4 is 0 Å². The number of hydrogen-bond donors (Lipinski definition) is 1. The van der Waals surface area contributed by atoms with Crippen molar-refractivity contribution in [3.05, 3.63) is 48.7 Å². The molecule has 0 radical (unpaired) electrons. The molecule has 2 rings (SSSR count). The zero-order chi connectivity index (χ0) is 9.10. The standard InChI is InChI=1S/C11H9NO.Na.H/c13-11-7-2-1-5-9(11)10-6-3-4-8-12-10;;/h1-8,13H;;. The molecule has 14 heavy (non-hydrogen) atoms. The van der Waals surface area contributed by atoms with E-state index in [1.54, 1.807) is 18.3 Å². The molecule has 2 nitrogen and oxygen atoms in total. The molecule has 0 bridgehead atoms. The van der Waals surface area contributed by atoms with E-state index in [4.69, 9.17) is 0 Å². The summed E-state index contributed by atoms with van der Waals surface area (Å²) in [6.45, 7) is 0. The Morgan fingerprint density at radius 3 is 2.29 bits per heavy atom. The molecule has 2 aromatic rings. The van der Waals surface area contributed by atoms with Crippen molar-refractivity contribution < 1.29 is 5.11 Å². The normalized spacial score (nSPS) is 9.14. The summed E-state index contributed by atoms with van der Waals surface area (Å²) in [4.78, 5) is 4.15. The number of hydrogen-bond acceptors (Lipinski definition) is 2. The van der Waals surface area contributed by atoms with Gasteiger partial charge in [-0.3, -0.25) is 4.98 Å². The van der Waals surface area contributed by atoms with E-state index in [1.807, 2.05) is 30.3 Å². The minimum atomic E-state index is 0. The van der Waals surface area contributed by atoms with Crippen LogP contribution in [0.4, 0.5) is 0 Å². The molecule has 1 heterocycles. The molecule has 0 aliphatic heterocycles. The second-order valence-corrected chi connectivity index (χ2v) is 2.73. The minimum absolute atomic E-state index is 0. The summed E-state index contributed by atoms with van der Waals surface area (Å²) in [6, 6.07) is 12.8. The van der Waals surface area contributed by atoms with Crippen molar-refractivity contribution in [2.45, 2.75) is 0 Å². The molecule has 1 aromatic carbocycles.